The first-order valence-corrected chi connectivity index (χ1v) is 14.5. The summed E-state index contributed by atoms with van der Waals surface area (Å²) in [6, 6.07) is 12.6. The van der Waals surface area contributed by atoms with Gasteiger partial charge in [-0.2, -0.15) is 4.31 Å². The molecule has 0 radical (unpaired) electrons. The van der Waals surface area contributed by atoms with E-state index in [1.54, 1.807) is 33.5 Å². The number of hydrogen-bond acceptors (Lipinski definition) is 6. The zero-order chi connectivity index (χ0) is 25.0. The number of anilines is 1. The van der Waals surface area contributed by atoms with Crippen molar-refractivity contribution < 1.29 is 13.2 Å². The van der Waals surface area contributed by atoms with Crippen LogP contribution in [-0.2, 0) is 16.4 Å². The topological polar surface area (TPSA) is 73.8 Å². The minimum Gasteiger partial charge on any atom is -0.308 e. The predicted octanol–water partition coefficient (Wildman–Crippen LogP) is 5.05. The first-order valence-electron chi connectivity index (χ1n) is 12.3. The molecule has 1 amide bonds. The molecule has 1 aliphatic heterocycles. The number of amides is 1. The van der Waals surface area contributed by atoms with Crippen LogP contribution in [0, 0.1) is 0 Å². The normalized spacial score (nSPS) is 15.0. The van der Waals surface area contributed by atoms with E-state index < -0.39 is 10.0 Å². The van der Waals surface area contributed by atoms with Crippen molar-refractivity contribution >= 4 is 55.0 Å². The van der Waals surface area contributed by atoms with Crippen LogP contribution < -0.4 is 4.90 Å². The summed E-state index contributed by atoms with van der Waals surface area (Å²) in [5.41, 5.74) is 2.57. The van der Waals surface area contributed by atoms with Gasteiger partial charge in [-0.05, 0) is 75.3 Å². The van der Waals surface area contributed by atoms with Crippen LogP contribution in [0.3, 0.4) is 0 Å². The number of hydrogen-bond donors (Lipinski definition) is 0. The number of aromatic nitrogens is 1. The lowest BCUT2D eigenvalue weighted by Gasteiger charge is -2.22. The second kappa shape index (κ2) is 12.5. The Balaban J connectivity index is 0.00000361. The molecule has 0 spiro atoms. The van der Waals surface area contributed by atoms with Crippen LogP contribution in [0.5, 0.6) is 0 Å². The molecule has 7 nitrogen and oxygen atoms in total. The van der Waals surface area contributed by atoms with E-state index in [2.05, 4.69) is 19.1 Å². The van der Waals surface area contributed by atoms with Gasteiger partial charge in [-0.15, -0.1) is 12.4 Å². The molecule has 0 aliphatic carbocycles. The molecule has 3 aromatic rings. The molecule has 0 bridgehead atoms. The number of sulfonamides is 1. The number of carbonyl (C=O) groups excluding carboxylic acids is 1. The third kappa shape index (κ3) is 6.44. The molecule has 196 valence electrons. The monoisotopic (exact) mass is 550 g/mol. The molecule has 1 aliphatic rings. The lowest BCUT2D eigenvalue weighted by Crippen LogP contribution is -2.36. The molecule has 2 aromatic carbocycles. The zero-order valence-electron chi connectivity index (χ0n) is 21.1. The Morgan fingerprint density at radius 3 is 2.28 bits per heavy atom. The number of rotatable bonds is 8. The molecular formula is C26H35ClN4O3S2. The van der Waals surface area contributed by atoms with Gasteiger partial charge in [-0.25, -0.2) is 13.4 Å². The molecule has 1 aromatic heterocycles. The number of fused-ring (bicyclic) bond motifs is 1. The van der Waals surface area contributed by atoms with Gasteiger partial charge < -0.3 is 4.90 Å². The minimum absolute atomic E-state index is 0. The third-order valence-corrected chi connectivity index (χ3v) is 9.35. The summed E-state index contributed by atoms with van der Waals surface area (Å²) < 4.78 is 28.9. The Morgan fingerprint density at radius 2 is 1.67 bits per heavy atom. The Labute approximate surface area is 224 Å². The van der Waals surface area contributed by atoms with Gasteiger partial charge in [0, 0.05) is 31.7 Å². The van der Waals surface area contributed by atoms with Crippen molar-refractivity contribution in [2.75, 3.05) is 45.2 Å². The minimum atomic E-state index is -3.55. The van der Waals surface area contributed by atoms with Crippen molar-refractivity contribution in [3.05, 3.63) is 53.6 Å². The lowest BCUT2D eigenvalue weighted by molar-refractivity contribution is 0.0985. The maximum atomic E-state index is 13.6. The predicted molar refractivity (Wildman–Crippen MR) is 150 cm³/mol. The number of aryl methyl sites for hydroxylation is 1. The highest BCUT2D eigenvalue weighted by Crippen LogP contribution is 2.31. The number of thiazole rings is 1. The van der Waals surface area contributed by atoms with Gasteiger partial charge in [0.2, 0.25) is 10.0 Å². The molecule has 0 saturated carbocycles. The van der Waals surface area contributed by atoms with E-state index in [9.17, 15) is 13.2 Å². The Bertz CT molecular complexity index is 1270. The van der Waals surface area contributed by atoms with Crippen molar-refractivity contribution in [3.63, 3.8) is 0 Å². The van der Waals surface area contributed by atoms with Crippen molar-refractivity contribution in [1.29, 1.82) is 0 Å². The number of benzene rings is 2. The summed E-state index contributed by atoms with van der Waals surface area (Å²) in [7, 11) is 0.384. The molecule has 1 saturated heterocycles. The number of likely N-dealkylation sites (N-methyl/N-ethyl adjacent to an activating group) is 1. The highest BCUT2D eigenvalue weighted by atomic mass is 35.5. The van der Waals surface area contributed by atoms with Gasteiger partial charge in [0.25, 0.3) is 5.91 Å². The molecule has 0 unspecified atom stereocenters. The molecule has 10 heteroatoms. The van der Waals surface area contributed by atoms with Crippen molar-refractivity contribution in [2.45, 2.75) is 43.9 Å². The van der Waals surface area contributed by atoms with E-state index in [4.69, 9.17) is 4.98 Å². The molecule has 4 rings (SSSR count). The van der Waals surface area contributed by atoms with Gasteiger partial charge in [0.05, 0.1) is 15.1 Å². The highest BCUT2D eigenvalue weighted by Gasteiger charge is 2.26. The smallest absolute Gasteiger partial charge is 0.260 e. The van der Waals surface area contributed by atoms with Crippen LogP contribution in [0.2, 0.25) is 0 Å². The van der Waals surface area contributed by atoms with Gasteiger partial charge in [-0.3, -0.25) is 9.69 Å². The second-order valence-corrected chi connectivity index (χ2v) is 12.2. The first-order chi connectivity index (χ1) is 16.8. The molecule has 2 heterocycles. The summed E-state index contributed by atoms with van der Waals surface area (Å²) in [4.78, 5) is 22.3. The number of halogens is 1. The number of nitrogens with zero attached hydrogens (tertiary/aromatic N) is 4. The second-order valence-electron chi connectivity index (χ2n) is 9.25. The lowest BCUT2D eigenvalue weighted by atomic mass is 10.2. The SMILES string of the molecule is CCc1ccc2nc(N(CCN(C)C)C(=O)c3ccc(S(=O)(=O)N4CCCCCC4)cc3)sc2c1.Cl. The Hall–Kier alpha value is -2.04. The average Bonchev–Trinajstić information content (AvgIpc) is 3.06. The fraction of sp³-hybridized carbons (Fsp3) is 0.462. The van der Waals surface area contributed by atoms with E-state index in [0.717, 1.165) is 42.3 Å². The summed E-state index contributed by atoms with van der Waals surface area (Å²) in [5.74, 6) is -0.180. The summed E-state index contributed by atoms with van der Waals surface area (Å²) in [6.45, 7) is 4.40. The van der Waals surface area contributed by atoms with Gasteiger partial charge in [0.15, 0.2) is 5.13 Å². The van der Waals surface area contributed by atoms with E-state index >= 15 is 0 Å². The molecule has 0 atom stereocenters. The quantitative estimate of drug-likeness (QED) is 0.392. The van der Waals surface area contributed by atoms with E-state index in [1.165, 1.54) is 16.9 Å². The van der Waals surface area contributed by atoms with Crippen molar-refractivity contribution in [3.8, 4) is 0 Å². The molecule has 36 heavy (non-hydrogen) atoms. The van der Waals surface area contributed by atoms with Crippen LogP contribution in [0.25, 0.3) is 10.2 Å². The maximum Gasteiger partial charge on any atom is 0.260 e. The van der Waals surface area contributed by atoms with Crippen LogP contribution in [0.15, 0.2) is 47.4 Å². The standard InChI is InChI=1S/C26H34N4O3S2.ClH/c1-4-20-9-14-23-24(19-20)34-26(27-23)30(18-17-28(2)3)25(31)21-10-12-22(13-11-21)35(32,33)29-15-7-5-6-8-16-29;/h9-14,19H,4-8,15-18H2,1-3H3;1H. The summed E-state index contributed by atoms with van der Waals surface area (Å²) in [5, 5.41) is 0.654. The Morgan fingerprint density at radius 1 is 1.00 bits per heavy atom. The fourth-order valence-electron chi connectivity index (χ4n) is 4.23. The summed E-state index contributed by atoms with van der Waals surface area (Å²) >= 11 is 1.51. The third-order valence-electron chi connectivity index (χ3n) is 6.40. The molecule has 0 N–H and O–H groups in total. The van der Waals surface area contributed by atoms with E-state index in [1.807, 2.05) is 25.1 Å². The van der Waals surface area contributed by atoms with Gasteiger partial charge in [0.1, 0.15) is 0 Å². The van der Waals surface area contributed by atoms with E-state index in [-0.39, 0.29) is 23.2 Å². The van der Waals surface area contributed by atoms with Crippen LogP contribution >= 0.6 is 23.7 Å². The highest BCUT2D eigenvalue weighted by molar-refractivity contribution is 7.89. The summed E-state index contributed by atoms with van der Waals surface area (Å²) in [6.07, 6.45) is 4.85. The van der Waals surface area contributed by atoms with Gasteiger partial charge >= 0.3 is 0 Å². The largest absolute Gasteiger partial charge is 0.308 e. The van der Waals surface area contributed by atoms with Crippen molar-refractivity contribution in [2.24, 2.45) is 0 Å². The average molecular weight is 551 g/mol. The zero-order valence-corrected chi connectivity index (χ0v) is 23.6. The van der Waals surface area contributed by atoms with Crippen LogP contribution in [0.1, 0.15) is 48.5 Å². The van der Waals surface area contributed by atoms with Gasteiger partial charge in [-0.1, -0.05) is 37.2 Å². The van der Waals surface area contributed by atoms with Crippen LogP contribution in [-0.4, -0.2) is 68.8 Å². The fourth-order valence-corrected chi connectivity index (χ4v) is 6.80. The number of carbonyl (C=O) groups is 1. The first kappa shape index (κ1) is 28.5. The maximum absolute atomic E-state index is 13.6. The van der Waals surface area contributed by atoms with Crippen LogP contribution in [0.4, 0.5) is 5.13 Å². The molecular weight excluding hydrogens is 516 g/mol. The molecule has 1 fully saturated rings. The van der Waals surface area contributed by atoms with E-state index in [0.29, 0.717) is 36.9 Å². The van der Waals surface area contributed by atoms with Crippen molar-refractivity contribution in [1.82, 2.24) is 14.2 Å². The Kier molecular flexibility index (Phi) is 9.88.